The Kier molecular flexibility index (Phi) is 4.26. The summed E-state index contributed by atoms with van der Waals surface area (Å²) in [7, 11) is -1.78. The summed E-state index contributed by atoms with van der Waals surface area (Å²) in [5.74, 6) is 0.248. The van der Waals surface area contributed by atoms with Crippen molar-refractivity contribution in [2.75, 3.05) is 13.7 Å². The largest absolute Gasteiger partial charge is 0.481 e. The second-order valence-corrected chi connectivity index (χ2v) is 5.94. The Morgan fingerprint density at radius 3 is 2.81 bits per heavy atom. The summed E-state index contributed by atoms with van der Waals surface area (Å²) in [6.07, 6.45) is 1.56. The SMILES string of the molecule is COc1ncccc1CS(=O)(=O)C(C)CN. The van der Waals surface area contributed by atoms with E-state index in [1.807, 2.05) is 0 Å². The number of rotatable bonds is 5. The molecule has 0 aromatic carbocycles. The molecule has 5 nitrogen and oxygen atoms in total. The Hall–Kier alpha value is -1.14. The highest BCUT2D eigenvalue weighted by Crippen LogP contribution is 2.18. The Bertz CT molecular complexity index is 445. The number of ether oxygens (including phenoxy) is 1. The van der Waals surface area contributed by atoms with Crippen LogP contribution < -0.4 is 10.5 Å². The zero-order chi connectivity index (χ0) is 12.2. The predicted molar refractivity (Wildman–Crippen MR) is 61.9 cm³/mol. The van der Waals surface area contributed by atoms with Crippen LogP contribution in [0.4, 0.5) is 0 Å². The first kappa shape index (κ1) is 12.9. The van der Waals surface area contributed by atoms with Crippen LogP contribution in [0.25, 0.3) is 0 Å². The molecule has 0 aliphatic heterocycles. The Labute approximate surface area is 95.6 Å². The van der Waals surface area contributed by atoms with Gasteiger partial charge in [0, 0.05) is 18.3 Å². The van der Waals surface area contributed by atoms with Gasteiger partial charge in [0.1, 0.15) is 0 Å². The molecule has 6 heteroatoms. The molecule has 1 heterocycles. The maximum absolute atomic E-state index is 11.8. The minimum Gasteiger partial charge on any atom is -0.481 e. The molecular formula is C10H16N2O3S. The van der Waals surface area contributed by atoms with Crippen LogP contribution in [0.1, 0.15) is 12.5 Å². The van der Waals surface area contributed by atoms with Gasteiger partial charge < -0.3 is 10.5 Å². The first-order chi connectivity index (χ1) is 7.51. The first-order valence-corrected chi connectivity index (χ1v) is 6.62. The summed E-state index contributed by atoms with van der Waals surface area (Å²) < 4.78 is 28.7. The third-order valence-electron chi connectivity index (χ3n) is 2.34. The third-order valence-corrected chi connectivity index (χ3v) is 4.48. The topological polar surface area (TPSA) is 82.3 Å². The van der Waals surface area contributed by atoms with E-state index in [1.54, 1.807) is 25.3 Å². The summed E-state index contributed by atoms with van der Waals surface area (Å²) in [4.78, 5) is 3.95. The smallest absolute Gasteiger partial charge is 0.217 e. The van der Waals surface area contributed by atoms with E-state index in [2.05, 4.69) is 4.98 Å². The molecule has 1 aromatic heterocycles. The monoisotopic (exact) mass is 244 g/mol. The molecule has 1 aromatic rings. The van der Waals surface area contributed by atoms with E-state index in [0.29, 0.717) is 11.4 Å². The van der Waals surface area contributed by atoms with Crippen molar-refractivity contribution in [1.82, 2.24) is 4.98 Å². The Balaban J connectivity index is 2.96. The van der Waals surface area contributed by atoms with Crippen molar-refractivity contribution < 1.29 is 13.2 Å². The fourth-order valence-corrected chi connectivity index (χ4v) is 2.45. The van der Waals surface area contributed by atoms with E-state index >= 15 is 0 Å². The molecule has 0 saturated heterocycles. The van der Waals surface area contributed by atoms with Crippen molar-refractivity contribution in [3.05, 3.63) is 23.9 Å². The average Bonchev–Trinajstić information content (AvgIpc) is 2.28. The molecule has 0 saturated carbocycles. The van der Waals surface area contributed by atoms with Gasteiger partial charge in [0.15, 0.2) is 9.84 Å². The van der Waals surface area contributed by atoms with Crippen LogP contribution in [0, 0.1) is 0 Å². The van der Waals surface area contributed by atoms with Crippen LogP contribution in [-0.4, -0.2) is 32.3 Å². The lowest BCUT2D eigenvalue weighted by molar-refractivity contribution is 0.394. The van der Waals surface area contributed by atoms with E-state index in [-0.39, 0.29) is 12.3 Å². The van der Waals surface area contributed by atoms with Crippen molar-refractivity contribution in [2.45, 2.75) is 17.9 Å². The van der Waals surface area contributed by atoms with E-state index in [0.717, 1.165) is 0 Å². The molecule has 0 amide bonds. The van der Waals surface area contributed by atoms with Gasteiger partial charge in [-0.15, -0.1) is 0 Å². The molecule has 0 bridgehead atoms. The highest BCUT2D eigenvalue weighted by Gasteiger charge is 2.21. The van der Waals surface area contributed by atoms with Gasteiger partial charge in [0.2, 0.25) is 5.88 Å². The van der Waals surface area contributed by atoms with Gasteiger partial charge in [-0.05, 0) is 13.0 Å². The molecule has 1 rings (SSSR count). The molecule has 0 aliphatic carbocycles. The number of hydrogen-bond acceptors (Lipinski definition) is 5. The molecule has 1 unspecified atom stereocenters. The van der Waals surface area contributed by atoms with Crippen molar-refractivity contribution >= 4 is 9.84 Å². The van der Waals surface area contributed by atoms with Gasteiger partial charge in [-0.1, -0.05) is 6.07 Å². The predicted octanol–water partition coefficient (Wildman–Crippen LogP) is 0.352. The average molecular weight is 244 g/mol. The summed E-state index contributed by atoms with van der Waals surface area (Å²) in [6.45, 7) is 1.71. The van der Waals surface area contributed by atoms with E-state index < -0.39 is 15.1 Å². The second-order valence-electron chi connectivity index (χ2n) is 3.53. The van der Waals surface area contributed by atoms with Gasteiger partial charge >= 0.3 is 0 Å². The Morgan fingerprint density at radius 2 is 2.25 bits per heavy atom. The van der Waals surface area contributed by atoms with Gasteiger partial charge in [0.25, 0.3) is 0 Å². The zero-order valence-corrected chi connectivity index (χ0v) is 10.2. The molecule has 0 radical (unpaired) electrons. The quantitative estimate of drug-likeness (QED) is 0.808. The first-order valence-electron chi connectivity index (χ1n) is 4.90. The standard InChI is InChI=1S/C10H16N2O3S/c1-8(6-11)16(13,14)7-9-4-3-5-12-10(9)15-2/h3-5,8H,6-7,11H2,1-2H3. The second kappa shape index (κ2) is 5.27. The number of sulfone groups is 1. The highest BCUT2D eigenvalue weighted by molar-refractivity contribution is 7.91. The molecule has 2 N–H and O–H groups in total. The molecule has 0 fully saturated rings. The lowest BCUT2D eigenvalue weighted by Crippen LogP contribution is -2.27. The lowest BCUT2D eigenvalue weighted by Gasteiger charge is -2.11. The van der Waals surface area contributed by atoms with Gasteiger partial charge in [-0.25, -0.2) is 13.4 Å². The summed E-state index contributed by atoms with van der Waals surface area (Å²) in [5.41, 5.74) is 5.92. The molecular weight excluding hydrogens is 228 g/mol. The lowest BCUT2D eigenvalue weighted by atomic mass is 10.3. The summed E-state index contributed by atoms with van der Waals surface area (Å²) >= 11 is 0. The normalized spacial score (nSPS) is 13.4. The number of nitrogens with zero attached hydrogens (tertiary/aromatic N) is 1. The number of methoxy groups -OCH3 is 1. The van der Waals surface area contributed by atoms with Crippen molar-refractivity contribution in [2.24, 2.45) is 5.73 Å². The van der Waals surface area contributed by atoms with Crippen LogP contribution in [0.15, 0.2) is 18.3 Å². The number of pyridine rings is 1. The number of aromatic nitrogens is 1. The van der Waals surface area contributed by atoms with E-state index in [1.165, 1.54) is 7.11 Å². The maximum Gasteiger partial charge on any atom is 0.217 e. The molecule has 0 aliphatic rings. The fourth-order valence-electron chi connectivity index (χ4n) is 1.22. The number of hydrogen-bond donors (Lipinski definition) is 1. The summed E-state index contributed by atoms with van der Waals surface area (Å²) in [5, 5.41) is -0.558. The van der Waals surface area contributed by atoms with Crippen molar-refractivity contribution in [3.63, 3.8) is 0 Å². The molecule has 0 spiro atoms. The van der Waals surface area contributed by atoms with Crippen LogP contribution >= 0.6 is 0 Å². The molecule has 90 valence electrons. The van der Waals surface area contributed by atoms with Crippen molar-refractivity contribution in [3.8, 4) is 5.88 Å². The highest BCUT2D eigenvalue weighted by atomic mass is 32.2. The van der Waals surface area contributed by atoms with Crippen molar-refractivity contribution in [1.29, 1.82) is 0 Å². The Morgan fingerprint density at radius 1 is 1.56 bits per heavy atom. The zero-order valence-electron chi connectivity index (χ0n) is 9.38. The van der Waals surface area contributed by atoms with Crippen LogP contribution in [-0.2, 0) is 15.6 Å². The van der Waals surface area contributed by atoms with Crippen LogP contribution in [0.2, 0.25) is 0 Å². The third kappa shape index (κ3) is 2.93. The van der Waals surface area contributed by atoms with E-state index in [9.17, 15) is 8.42 Å². The van der Waals surface area contributed by atoms with Crippen LogP contribution in [0.5, 0.6) is 5.88 Å². The van der Waals surface area contributed by atoms with Gasteiger partial charge in [-0.2, -0.15) is 0 Å². The minimum atomic E-state index is -3.24. The minimum absolute atomic E-state index is 0.0949. The van der Waals surface area contributed by atoms with Crippen LogP contribution in [0.3, 0.4) is 0 Å². The molecule has 1 atom stereocenters. The summed E-state index contributed by atoms with van der Waals surface area (Å²) in [6, 6.07) is 3.37. The number of nitrogens with two attached hydrogens (primary N) is 1. The maximum atomic E-state index is 11.8. The van der Waals surface area contributed by atoms with Gasteiger partial charge in [0.05, 0.1) is 18.1 Å². The van der Waals surface area contributed by atoms with E-state index in [4.69, 9.17) is 10.5 Å². The molecule has 16 heavy (non-hydrogen) atoms. The van der Waals surface area contributed by atoms with Gasteiger partial charge in [-0.3, -0.25) is 0 Å². The fraction of sp³-hybridized carbons (Fsp3) is 0.500.